The molecule has 0 fully saturated rings. The zero-order valence-corrected chi connectivity index (χ0v) is 33.4. The molecule has 0 saturated carbocycles. The van der Waals surface area contributed by atoms with E-state index in [4.69, 9.17) is 13.3 Å². The van der Waals surface area contributed by atoms with Gasteiger partial charge in [-0.1, -0.05) is 113 Å². The molecule has 0 N–H and O–H groups in total. The smallest absolute Gasteiger partial charge is 0.257 e. The van der Waals surface area contributed by atoms with Crippen LogP contribution >= 0.6 is 0 Å². The SMILES string of the molecule is CC(C)(C)c1ccc(N2c3cccc4c3B(c3cc5c(oc6ccccc65)c5c3N4c3ccc4c(oc6ccccc64)c3[Si]5(C)C)c3c2oc2ccccc32)cc1. The largest absolute Gasteiger partial charge is 0.456 e. The molecule has 10 aromatic rings. The van der Waals surface area contributed by atoms with E-state index < -0.39 is 8.07 Å². The molecule has 0 unspecified atom stereocenters. The van der Waals surface area contributed by atoms with Crippen molar-refractivity contribution in [2.45, 2.75) is 39.3 Å². The summed E-state index contributed by atoms with van der Waals surface area (Å²) in [6, 6.07) is 48.5. The number of nitrogens with zero attached hydrogens (tertiary/aromatic N) is 2. The van der Waals surface area contributed by atoms with E-state index in [0.29, 0.717) is 0 Å². The Kier molecular flexibility index (Phi) is 5.84. The first kappa shape index (κ1) is 31.7. The van der Waals surface area contributed by atoms with Crippen molar-refractivity contribution in [1.82, 2.24) is 0 Å². The van der Waals surface area contributed by atoms with Crippen LogP contribution in [0.4, 0.5) is 34.3 Å². The molecule has 7 aromatic carbocycles. The third-order valence-corrected chi connectivity index (χ3v) is 16.6. The first-order valence-corrected chi connectivity index (χ1v) is 23.0. The number of furan rings is 3. The van der Waals surface area contributed by atoms with Gasteiger partial charge in [0.2, 0.25) is 5.88 Å². The highest BCUT2D eigenvalue weighted by atomic mass is 28.3. The van der Waals surface area contributed by atoms with Gasteiger partial charge in [0.1, 0.15) is 36.0 Å². The van der Waals surface area contributed by atoms with Crippen LogP contribution in [0.25, 0.3) is 54.8 Å². The van der Waals surface area contributed by atoms with Crippen molar-refractivity contribution in [3.8, 4) is 0 Å². The lowest BCUT2D eigenvalue weighted by Gasteiger charge is -2.48. The van der Waals surface area contributed by atoms with E-state index in [2.05, 4.69) is 177 Å². The first-order valence-electron chi connectivity index (χ1n) is 20.0. The molecule has 0 spiro atoms. The molecule has 3 aromatic heterocycles. The van der Waals surface area contributed by atoms with Gasteiger partial charge in [-0.25, -0.2) is 0 Å². The van der Waals surface area contributed by atoms with Crippen molar-refractivity contribution in [3.05, 3.63) is 139 Å². The summed E-state index contributed by atoms with van der Waals surface area (Å²) in [4.78, 5) is 4.92. The Labute approximate surface area is 330 Å². The van der Waals surface area contributed by atoms with Crippen LogP contribution in [0.2, 0.25) is 13.1 Å². The second-order valence-electron chi connectivity index (χ2n) is 17.7. The van der Waals surface area contributed by atoms with Crippen molar-refractivity contribution in [3.63, 3.8) is 0 Å². The van der Waals surface area contributed by atoms with E-state index in [1.165, 1.54) is 49.4 Å². The summed E-state index contributed by atoms with van der Waals surface area (Å²) in [7, 11) is -2.58. The minimum atomic E-state index is -2.58. The minimum absolute atomic E-state index is 0.0377. The molecule has 0 aliphatic carbocycles. The Balaban J connectivity index is 1.20. The van der Waals surface area contributed by atoms with Crippen molar-refractivity contribution >= 4 is 131 Å². The lowest BCUT2D eigenvalue weighted by Crippen LogP contribution is -2.67. The Morgan fingerprint density at radius 1 is 0.509 bits per heavy atom. The molecule has 3 aliphatic rings. The van der Waals surface area contributed by atoms with Crippen molar-refractivity contribution in [1.29, 1.82) is 0 Å². The van der Waals surface area contributed by atoms with E-state index in [1.54, 1.807) is 0 Å². The van der Waals surface area contributed by atoms with Gasteiger partial charge in [0.05, 0.1) is 0 Å². The molecule has 6 heterocycles. The molecule has 0 amide bonds. The van der Waals surface area contributed by atoms with Gasteiger partial charge in [-0.3, -0.25) is 4.90 Å². The summed E-state index contributed by atoms with van der Waals surface area (Å²) in [5, 5.41) is 8.38. The summed E-state index contributed by atoms with van der Waals surface area (Å²) in [6.45, 7) is 11.7. The molecular weight excluding hydrogens is 715 g/mol. The van der Waals surface area contributed by atoms with Crippen LogP contribution < -0.4 is 36.6 Å². The number of rotatable bonds is 1. The summed E-state index contributed by atoms with van der Waals surface area (Å²) in [6.07, 6.45) is 0. The van der Waals surface area contributed by atoms with Crippen molar-refractivity contribution < 1.29 is 13.3 Å². The summed E-state index contributed by atoms with van der Waals surface area (Å²) < 4.78 is 21.0. The van der Waals surface area contributed by atoms with Crippen LogP contribution in [-0.2, 0) is 5.41 Å². The fourth-order valence-electron chi connectivity index (χ4n) is 10.6. The van der Waals surface area contributed by atoms with Crippen LogP contribution in [0.1, 0.15) is 26.3 Å². The zero-order chi connectivity index (χ0) is 38.1. The van der Waals surface area contributed by atoms with Crippen molar-refractivity contribution in [2.24, 2.45) is 0 Å². The van der Waals surface area contributed by atoms with E-state index >= 15 is 0 Å². The number of benzene rings is 7. The lowest BCUT2D eigenvalue weighted by atomic mass is 9.33. The molecule has 0 bridgehead atoms. The van der Waals surface area contributed by atoms with E-state index in [-0.39, 0.29) is 12.1 Å². The molecule has 0 saturated heterocycles. The number of hydrogen-bond donors (Lipinski definition) is 0. The third kappa shape index (κ3) is 3.90. The standard InChI is InChI=1S/C50H37BN2O3Si/c1-50(2,3)28-21-23-29(24-22-28)52-36-16-12-17-37-43(36)51(42-33-15-8-11-20-41(33)56-49(42)52)35-27-34-31-14-7-10-19-40(31)55-46(34)48-44(35)53(37)38-26-25-32-30-13-6-9-18-39(30)54-45(32)47(38)57(48,4)5/h6-27H,1-5H3. The van der Waals surface area contributed by atoms with Gasteiger partial charge in [0.25, 0.3) is 6.71 Å². The van der Waals surface area contributed by atoms with Crippen LogP contribution in [0, 0.1) is 0 Å². The number of hydrogen-bond acceptors (Lipinski definition) is 5. The van der Waals surface area contributed by atoms with Gasteiger partial charge in [0.15, 0.2) is 0 Å². The summed E-state index contributed by atoms with van der Waals surface area (Å²) in [5.41, 5.74) is 15.6. The Morgan fingerprint density at radius 2 is 1.11 bits per heavy atom. The fraction of sp³-hybridized carbons (Fsp3) is 0.120. The highest BCUT2D eigenvalue weighted by molar-refractivity contribution is 7.08. The predicted octanol–water partition coefficient (Wildman–Crippen LogP) is 10.7. The maximum absolute atomic E-state index is 7.03. The van der Waals surface area contributed by atoms with Gasteiger partial charge in [-0.15, -0.1) is 0 Å². The monoisotopic (exact) mass is 752 g/mol. The van der Waals surface area contributed by atoms with Crippen LogP contribution in [-0.4, -0.2) is 14.8 Å². The van der Waals surface area contributed by atoms with Gasteiger partial charge < -0.3 is 18.2 Å². The topological polar surface area (TPSA) is 45.9 Å². The van der Waals surface area contributed by atoms with E-state index in [1.807, 2.05) is 0 Å². The van der Waals surface area contributed by atoms with Gasteiger partial charge >= 0.3 is 0 Å². The molecule has 0 atom stereocenters. The molecule has 272 valence electrons. The van der Waals surface area contributed by atoms with Gasteiger partial charge in [-0.05, 0) is 76.5 Å². The maximum Gasteiger partial charge on any atom is 0.257 e. The molecule has 13 rings (SSSR count). The zero-order valence-electron chi connectivity index (χ0n) is 32.4. The first-order chi connectivity index (χ1) is 27.7. The normalized spacial score (nSPS) is 15.1. The second-order valence-corrected chi connectivity index (χ2v) is 21.9. The van der Waals surface area contributed by atoms with Gasteiger partial charge in [-0.2, -0.15) is 0 Å². The summed E-state index contributed by atoms with van der Waals surface area (Å²) in [5.74, 6) is 0.880. The maximum atomic E-state index is 7.03. The highest BCUT2D eigenvalue weighted by Gasteiger charge is 2.52. The number of anilines is 6. The van der Waals surface area contributed by atoms with E-state index in [0.717, 1.165) is 72.1 Å². The van der Waals surface area contributed by atoms with Gasteiger partial charge in [0, 0.05) is 71.2 Å². The molecule has 3 aliphatic heterocycles. The second kappa shape index (κ2) is 10.5. The molecule has 0 radical (unpaired) electrons. The van der Waals surface area contributed by atoms with Crippen LogP contribution in [0.3, 0.4) is 0 Å². The summed E-state index contributed by atoms with van der Waals surface area (Å²) >= 11 is 0. The van der Waals surface area contributed by atoms with Crippen LogP contribution in [0.15, 0.2) is 147 Å². The molecule has 5 nitrogen and oxygen atoms in total. The fourth-order valence-corrected chi connectivity index (χ4v) is 14.1. The minimum Gasteiger partial charge on any atom is -0.456 e. The Bertz CT molecular complexity index is 3400. The average Bonchev–Trinajstić information content (AvgIpc) is 3.90. The molecule has 57 heavy (non-hydrogen) atoms. The lowest BCUT2D eigenvalue weighted by molar-refractivity contribution is 0.590. The Morgan fingerprint density at radius 3 is 1.79 bits per heavy atom. The molecular formula is C50H37BN2O3Si. The quantitative estimate of drug-likeness (QED) is 0.156. The predicted molar refractivity (Wildman–Crippen MR) is 240 cm³/mol. The highest BCUT2D eigenvalue weighted by Crippen LogP contribution is 2.49. The molecule has 7 heteroatoms. The third-order valence-electron chi connectivity index (χ3n) is 13.1. The van der Waals surface area contributed by atoms with E-state index in [9.17, 15) is 0 Å². The average molecular weight is 753 g/mol. The Hall–Kier alpha value is -6.44. The number of fused-ring (bicyclic) bond motifs is 16. The van der Waals surface area contributed by atoms with Crippen LogP contribution in [0.5, 0.6) is 0 Å². The number of para-hydroxylation sites is 3. The van der Waals surface area contributed by atoms with Crippen molar-refractivity contribution in [2.75, 3.05) is 9.80 Å².